The second-order valence-corrected chi connectivity index (χ2v) is 4.97. The van der Waals surface area contributed by atoms with E-state index in [-0.39, 0.29) is 0 Å². The Labute approximate surface area is 99.7 Å². The molecule has 0 heterocycles. The Morgan fingerprint density at radius 3 is 2.56 bits per heavy atom. The van der Waals surface area contributed by atoms with Gasteiger partial charge in [0.15, 0.2) is 0 Å². The van der Waals surface area contributed by atoms with Gasteiger partial charge in [-0.2, -0.15) is 0 Å². The quantitative estimate of drug-likeness (QED) is 0.728. The highest BCUT2D eigenvalue weighted by molar-refractivity contribution is 4.76. The highest BCUT2D eigenvalue weighted by Gasteiger charge is 2.24. The molecule has 0 aromatic carbocycles. The molecule has 0 bridgehead atoms. The van der Waals surface area contributed by atoms with Crippen LogP contribution >= 0.6 is 0 Å². The molecule has 3 heteroatoms. The summed E-state index contributed by atoms with van der Waals surface area (Å²) in [5.74, 6) is 1.37. The molecule has 0 aromatic heterocycles. The van der Waals surface area contributed by atoms with Gasteiger partial charge in [0.25, 0.3) is 0 Å². The van der Waals surface area contributed by atoms with E-state index >= 15 is 0 Å². The van der Waals surface area contributed by atoms with Crippen LogP contribution in [0, 0.1) is 11.8 Å². The van der Waals surface area contributed by atoms with Crippen LogP contribution < -0.4 is 5.73 Å². The Bertz CT molecular complexity index is 175. The predicted molar refractivity (Wildman–Crippen MR) is 66.4 cm³/mol. The second kappa shape index (κ2) is 8.04. The van der Waals surface area contributed by atoms with Gasteiger partial charge in [0.05, 0.1) is 12.7 Å². The number of methoxy groups -OCH3 is 1. The molecule has 1 fully saturated rings. The van der Waals surface area contributed by atoms with Gasteiger partial charge in [-0.05, 0) is 44.6 Å². The van der Waals surface area contributed by atoms with Crippen LogP contribution in [0.15, 0.2) is 0 Å². The van der Waals surface area contributed by atoms with E-state index in [1.54, 1.807) is 7.11 Å². The molecule has 0 amide bonds. The summed E-state index contributed by atoms with van der Waals surface area (Å²) in [5.41, 5.74) is 5.80. The van der Waals surface area contributed by atoms with Crippen LogP contribution in [-0.2, 0) is 9.47 Å². The van der Waals surface area contributed by atoms with Crippen molar-refractivity contribution in [2.75, 3.05) is 26.9 Å². The number of hydrogen-bond donors (Lipinski definition) is 1. The summed E-state index contributed by atoms with van der Waals surface area (Å²) < 4.78 is 10.9. The Balaban J connectivity index is 2.18. The lowest BCUT2D eigenvalue weighted by atomic mass is 9.80. The average Bonchev–Trinajstić information content (AvgIpc) is 2.34. The predicted octanol–water partition coefficient (Wildman–Crippen LogP) is 2.19. The molecular weight excluding hydrogens is 202 g/mol. The normalized spacial score (nSPS) is 27.9. The first-order chi connectivity index (χ1) is 7.77. The highest BCUT2D eigenvalue weighted by Crippen LogP contribution is 2.29. The Hall–Kier alpha value is -0.120. The summed E-state index contributed by atoms with van der Waals surface area (Å²) in [7, 11) is 1.73. The molecule has 2 N–H and O–H groups in total. The van der Waals surface area contributed by atoms with Crippen LogP contribution in [0.3, 0.4) is 0 Å². The molecule has 96 valence electrons. The van der Waals surface area contributed by atoms with Crippen molar-refractivity contribution in [1.82, 2.24) is 0 Å². The summed E-state index contributed by atoms with van der Waals surface area (Å²) in [4.78, 5) is 0. The lowest BCUT2D eigenvalue weighted by Crippen LogP contribution is -2.31. The van der Waals surface area contributed by atoms with Gasteiger partial charge < -0.3 is 15.2 Å². The van der Waals surface area contributed by atoms with Gasteiger partial charge >= 0.3 is 0 Å². The fourth-order valence-electron chi connectivity index (χ4n) is 2.47. The van der Waals surface area contributed by atoms with Crippen LogP contribution in [0.5, 0.6) is 0 Å². The number of ether oxygens (including phenoxy) is 2. The molecule has 1 aliphatic rings. The van der Waals surface area contributed by atoms with E-state index in [1.807, 2.05) is 0 Å². The monoisotopic (exact) mass is 229 g/mol. The molecule has 1 rings (SSSR count). The Kier molecular flexibility index (Phi) is 7.01. The maximum absolute atomic E-state index is 5.88. The molecule has 0 saturated heterocycles. The van der Waals surface area contributed by atoms with Crippen molar-refractivity contribution >= 4 is 0 Å². The Morgan fingerprint density at radius 2 is 1.94 bits per heavy atom. The van der Waals surface area contributed by atoms with Gasteiger partial charge in [-0.25, -0.2) is 0 Å². The third kappa shape index (κ3) is 4.81. The smallest absolute Gasteiger partial charge is 0.0569 e. The minimum absolute atomic E-state index is 0.306. The zero-order valence-corrected chi connectivity index (χ0v) is 10.8. The van der Waals surface area contributed by atoms with Crippen LogP contribution in [0.2, 0.25) is 0 Å². The maximum Gasteiger partial charge on any atom is 0.0569 e. The molecule has 3 unspecified atom stereocenters. The van der Waals surface area contributed by atoms with E-state index in [1.165, 1.54) is 25.7 Å². The summed E-state index contributed by atoms with van der Waals surface area (Å²) in [6.07, 6.45) is 6.56. The first-order valence-electron chi connectivity index (χ1n) is 6.58. The summed E-state index contributed by atoms with van der Waals surface area (Å²) in [6.45, 7) is 4.61. The molecule has 0 aliphatic heterocycles. The van der Waals surface area contributed by atoms with Gasteiger partial charge in [-0.1, -0.05) is 12.8 Å². The molecule has 0 radical (unpaired) electrons. The van der Waals surface area contributed by atoms with Crippen LogP contribution in [0.25, 0.3) is 0 Å². The number of rotatable bonds is 7. The zero-order chi connectivity index (χ0) is 11.8. The first kappa shape index (κ1) is 13.9. The standard InChI is InChI=1S/C13H27NO2/c1-11(7-8-15-2)16-10-13-6-4-3-5-12(13)9-14/h11-13H,3-10,14H2,1-2H3. The highest BCUT2D eigenvalue weighted by atomic mass is 16.5. The van der Waals surface area contributed by atoms with Crippen molar-refractivity contribution in [1.29, 1.82) is 0 Å². The first-order valence-corrected chi connectivity index (χ1v) is 6.58. The van der Waals surface area contributed by atoms with Gasteiger partial charge in [0.1, 0.15) is 0 Å². The van der Waals surface area contributed by atoms with Crippen molar-refractivity contribution in [3.05, 3.63) is 0 Å². The molecule has 3 atom stereocenters. The largest absolute Gasteiger partial charge is 0.385 e. The molecule has 1 aliphatic carbocycles. The van der Waals surface area contributed by atoms with E-state index in [9.17, 15) is 0 Å². The Morgan fingerprint density at radius 1 is 1.25 bits per heavy atom. The SMILES string of the molecule is COCCC(C)OCC1CCCCC1CN. The van der Waals surface area contributed by atoms with Crippen LogP contribution in [0.4, 0.5) is 0 Å². The van der Waals surface area contributed by atoms with E-state index in [0.717, 1.165) is 26.2 Å². The van der Waals surface area contributed by atoms with Crippen molar-refractivity contribution in [3.8, 4) is 0 Å². The van der Waals surface area contributed by atoms with Crippen molar-refractivity contribution in [2.45, 2.75) is 45.1 Å². The summed E-state index contributed by atoms with van der Waals surface area (Å²) in [5, 5.41) is 0. The molecule has 16 heavy (non-hydrogen) atoms. The van der Waals surface area contributed by atoms with Gasteiger partial charge in [-0.3, -0.25) is 0 Å². The van der Waals surface area contributed by atoms with E-state index < -0.39 is 0 Å². The van der Waals surface area contributed by atoms with Gasteiger partial charge in [0.2, 0.25) is 0 Å². The molecule has 3 nitrogen and oxygen atoms in total. The van der Waals surface area contributed by atoms with Gasteiger partial charge in [-0.15, -0.1) is 0 Å². The van der Waals surface area contributed by atoms with E-state index in [4.69, 9.17) is 15.2 Å². The minimum atomic E-state index is 0.306. The van der Waals surface area contributed by atoms with Crippen molar-refractivity contribution in [3.63, 3.8) is 0 Å². The average molecular weight is 229 g/mol. The van der Waals surface area contributed by atoms with E-state index in [0.29, 0.717) is 17.9 Å². The van der Waals surface area contributed by atoms with Gasteiger partial charge in [0, 0.05) is 13.7 Å². The summed E-state index contributed by atoms with van der Waals surface area (Å²) >= 11 is 0. The third-order valence-electron chi connectivity index (χ3n) is 3.69. The molecule has 0 spiro atoms. The lowest BCUT2D eigenvalue weighted by Gasteiger charge is -2.31. The molecular formula is C13H27NO2. The third-order valence-corrected chi connectivity index (χ3v) is 3.69. The van der Waals surface area contributed by atoms with Crippen molar-refractivity contribution < 1.29 is 9.47 Å². The molecule has 0 aromatic rings. The fraction of sp³-hybridized carbons (Fsp3) is 1.00. The number of hydrogen-bond acceptors (Lipinski definition) is 3. The van der Waals surface area contributed by atoms with Crippen LogP contribution in [0.1, 0.15) is 39.0 Å². The summed E-state index contributed by atoms with van der Waals surface area (Å²) in [6, 6.07) is 0. The fourth-order valence-corrected chi connectivity index (χ4v) is 2.47. The number of nitrogens with two attached hydrogens (primary N) is 1. The van der Waals surface area contributed by atoms with Crippen molar-refractivity contribution in [2.24, 2.45) is 17.6 Å². The van der Waals surface area contributed by atoms with Crippen LogP contribution in [-0.4, -0.2) is 33.0 Å². The van der Waals surface area contributed by atoms with E-state index in [2.05, 4.69) is 6.92 Å². The lowest BCUT2D eigenvalue weighted by molar-refractivity contribution is 0.000775. The molecule has 1 saturated carbocycles. The zero-order valence-electron chi connectivity index (χ0n) is 10.8. The topological polar surface area (TPSA) is 44.5 Å². The minimum Gasteiger partial charge on any atom is -0.385 e. The maximum atomic E-state index is 5.88. The second-order valence-electron chi connectivity index (χ2n) is 4.97.